The van der Waals surface area contributed by atoms with Crippen LogP contribution in [0.3, 0.4) is 0 Å². The van der Waals surface area contributed by atoms with Gasteiger partial charge in [-0.15, -0.1) is 0 Å². The number of rotatable bonds is 10. The molecule has 392 valence electrons. The zero-order valence-electron chi connectivity index (χ0n) is 41.7. The summed E-state index contributed by atoms with van der Waals surface area (Å²) in [5, 5.41) is 5.35. The largest absolute Gasteiger partial charge is 0.495 e. The molecule has 0 aliphatic carbocycles. The number of likely N-dealkylation sites (tertiary alicyclic amines) is 1. The lowest BCUT2D eigenvalue weighted by atomic mass is 9.63. The monoisotopic (exact) mass is 1040 g/mol. The number of halogens is 5. The molecule has 5 amide bonds. The molecule has 4 fully saturated rings. The van der Waals surface area contributed by atoms with Crippen LogP contribution >= 0.6 is 11.6 Å². The molecule has 74 heavy (non-hydrogen) atoms. The van der Waals surface area contributed by atoms with Gasteiger partial charge in [0.25, 0.3) is 11.8 Å². The minimum atomic E-state index is -4.74. The fourth-order valence-electron chi connectivity index (χ4n) is 12.7. The van der Waals surface area contributed by atoms with Crippen LogP contribution in [-0.4, -0.2) is 127 Å². The van der Waals surface area contributed by atoms with Gasteiger partial charge in [0.2, 0.25) is 17.7 Å². The van der Waals surface area contributed by atoms with Crippen LogP contribution in [0.5, 0.6) is 5.75 Å². The van der Waals surface area contributed by atoms with Crippen molar-refractivity contribution in [2.24, 2.45) is 17.1 Å². The molecule has 4 saturated heterocycles. The third-order valence-electron chi connectivity index (χ3n) is 16.1. The van der Waals surface area contributed by atoms with Gasteiger partial charge in [0.15, 0.2) is 0 Å². The first-order chi connectivity index (χ1) is 35.2. The molecule has 0 saturated carbocycles. The number of carbonyl (C=O) groups excluding carboxylic acids is 5. The second-order valence-electron chi connectivity index (χ2n) is 21.8. The first-order valence-corrected chi connectivity index (χ1v) is 25.6. The Balaban J connectivity index is 0.839. The summed E-state index contributed by atoms with van der Waals surface area (Å²) < 4.78 is 64.8. The van der Waals surface area contributed by atoms with Crippen molar-refractivity contribution in [3.63, 3.8) is 0 Å². The van der Waals surface area contributed by atoms with Crippen molar-refractivity contribution < 1.29 is 46.3 Å². The maximum atomic E-state index is 16.5. The number of fused-ring (bicyclic) bond motifs is 3. The molecule has 4 aromatic rings. The van der Waals surface area contributed by atoms with Gasteiger partial charge in [0, 0.05) is 117 Å². The molecule has 10 rings (SSSR count). The van der Waals surface area contributed by atoms with Crippen LogP contribution < -0.4 is 30.9 Å². The molecule has 6 aliphatic rings. The third-order valence-corrected chi connectivity index (χ3v) is 16.4. The predicted octanol–water partition coefficient (Wildman–Crippen LogP) is 6.96. The van der Waals surface area contributed by atoms with Crippen LogP contribution in [-0.2, 0) is 32.5 Å². The SMILES string of the molecule is COc1cc(C(=O)N2CCC(CN3CCN(c4ccc5c(c4)CN(C4CCC(=O)NC4=O)C5=O)CC3)CC2)ccc1N1[C@@H](CC(C)(C)C)[C@@]2(CNc3cc(C(F)(F)F)ncc32)[C@@H](c2cccc(Cl)c2F)[C@@H]1C(N)=O. The Morgan fingerprint density at radius 1 is 0.946 bits per heavy atom. The molecule has 1 unspecified atom stereocenters. The normalized spacial score (nSPS) is 24.6. The quantitative estimate of drug-likeness (QED) is 0.111. The van der Waals surface area contributed by atoms with Crippen LogP contribution in [0.15, 0.2) is 66.9 Å². The molecule has 4 N–H and O–H groups in total. The number of benzene rings is 3. The Morgan fingerprint density at radius 3 is 2.36 bits per heavy atom. The summed E-state index contributed by atoms with van der Waals surface area (Å²) in [6.45, 7) is 11.7. The van der Waals surface area contributed by atoms with Crippen LogP contribution in [0, 0.1) is 17.2 Å². The molecule has 3 aromatic carbocycles. The highest BCUT2D eigenvalue weighted by Crippen LogP contribution is 2.61. The Labute approximate surface area is 431 Å². The number of hydrogen-bond acceptors (Lipinski definition) is 11. The number of alkyl halides is 3. The van der Waals surface area contributed by atoms with Gasteiger partial charge in [0.05, 0.1) is 17.8 Å². The number of ether oxygens (including phenoxy) is 1. The molecule has 15 nitrogen and oxygen atoms in total. The summed E-state index contributed by atoms with van der Waals surface area (Å²) >= 11 is 6.42. The first kappa shape index (κ1) is 51.0. The summed E-state index contributed by atoms with van der Waals surface area (Å²) in [7, 11) is 1.46. The van der Waals surface area contributed by atoms with Crippen LogP contribution in [0.4, 0.5) is 34.6 Å². The number of nitrogens with two attached hydrogens (primary N) is 1. The van der Waals surface area contributed by atoms with E-state index >= 15 is 4.39 Å². The van der Waals surface area contributed by atoms with Gasteiger partial charge in [-0.25, -0.2) is 4.39 Å². The molecule has 0 radical (unpaired) electrons. The van der Waals surface area contributed by atoms with Gasteiger partial charge < -0.3 is 35.4 Å². The van der Waals surface area contributed by atoms with Gasteiger partial charge >= 0.3 is 6.18 Å². The summed E-state index contributed by atoms with van der Waals surface area (Å²) in [6.07, 6.45) is -1.06. The molecule has 0 bridgehead atoms. The van der Waals surface area contributed by atoms with Gasteiger partial charge in [-0.1, -0.05) is 44.5 Å². The fraction of sp³-hybridized carbons (Fsp3) is 0.481. The molecule has 1 spiro atoms. The van der Waals surface area contributed by atoms with E-state index in [1.165, 1.54) is 25.4 Å². The molecule has 1 aromatic heterocycles. The van der Waals surface area contributed by atoms with E-state index in [1.807, 2.05) is 48.8 Å². The lowest BCUT2D eigenvalue weighted by molar-refractivity contribution is -0.141. The van der Waals surface area contributed by atoms with E-state index in [0.29, 0.717) is 60.8 Å². The Bertz CT molecular complexity index is 2920. The predicted molar refractivity (Wildman–Crippen MR) is 270 cm³/mol. The molecule has 6 aliphatic heterocycles. The number of anilines is 3. The van der Waals surface area contributed by atoms with E-state index in [2.05, 4.69) is 25.4 Å². The number of piperidine rings is 2. The zero-order valence-corrected chi connectivity index (χ0v) is 42.5. The Kier molecular flexibility index (Phi) is 13.3. The van der Waals surface area contributed by atoms with Gasteiger partial charge in [0.1, 0.15) is 29.3 Å². The number of methoxy groups -OCH3 is 1. The highest BCUT2D eigenvalue weighted by Gasteiger charge is 2.66. The second kappa shape index (κ2) is 19.3. The number of carbonyl (C=O) groups is 5. The molecule has 7 heterocycles. The topological polar surface area (TPSA) is 174 Å². The number of hydrogen-bond donors (Lipinski definition) is 3. The summed E-state index contributed by atoms with van der Waals surface area (Å²) in [5.74, 6) is -3.14. The Morgan fingerprint density at radius 2 is 1.69 bits per heavy atom. The Hall–Kier alpha value is -6.47. The van der Waals surface area contributed by atoms with Gasteiger partial charge in [-0.05, 0) is 96.7 Å². The number of piperazine rings is 1. The number of pyridine rings is 1. The number of imide groups is 1. The summed E-state index contributed by atoms with van der Waals surface area (Å²) in [5.41, 5.74) is 7.43. The number of nitrogens with one attached hydrogen (secondary N) is 2. The maximum Gasteiger partial charge on any atom is 0.433 e. The number of primary amides is 1. The highest BCUT2D eigenvalue weighted by atomic mass is 35.5. The maximum absolute atomic E-state index is 16.5. The number of nitrogens with zero attached hydrogens (tertiary/aromatic N) is 6. The fourth-order valence-corrected chi connectivity index (χ4v) is 12.8. The minimum absolute atomic E-state index is 0.0172. The van der Waals surface area contributed by atoms with Crippen molar-refractivity contribution in [2.75, 3.05) is 74.6 Å². The smallest absolute Gasteiger partial charge is 0.433 e. The number of aromatic nitrogens is 1. The summed E-state index contributed by atoms with van der Waals surface area (Å²) in [4.78, 5) is 79.8. The first-order valence-electron chi connectivity index (χ1n) is 25.2. The van der Waals surface area contributed by atoms with Crippen molar-refractivity contribution in [3.8, 4) is 5.75 Å². The molecular weight excluding hydrogens is 982 g/mol. The second-order valence-corrected chi connectivity index (χ2v) is 22.2. The van der Waals surface area contributed by atoms with E-state index < -0.39 is 64.4 Å². The molecule has 5 atom stereocenters. The van der Waals surface area contributed by atoms with Crippen molar-refractivity contribution in [1.29, 1.82) is 0 Å². The van der Waals surface area contributed by atoms with Crippen molar-refractivity contribution in [1.82, 2.24) is 25.0 Å². The number of amides is 5. The average Bonchev–Trinajstić information content (AvgIpc) is 4.04. The molecular formula is C54H60ClF4N9O6. The lowest BCUT2D eigenvalue weighted by Crippen LogP contribution is -2.52. The van der Waals surface area contributed by atoms with Crippen molar-refractivity contribution in [3.05, 3.63) is 111 Å². The van der Waals surface area contributed by atoms with Gasteiger partial charge in [-0.3, -0.25) is 39.2 Å². The van der Waals surface area contributed by atoms with Crippen molar-refractivity contribution in [2.45, 2.75) is 95.1 Å². The standard InChI is InChI=1S/C54H60ClF4N9O6/c1-52(2,3)25-43-53(29-62-38-24-42(54(57,58)59)61-26-36(38)53)45(35-6-5-7-37(55)46(35)56)47(48(60)70)68(43)39-11-8-31(23-41(39)74-4)50(72)66-16-14-30(15-17-66)27-64-18-20-65(21-19-64)33-9-10-34-32(22-33)28-67(51(34)73)40-12-13-44(69)63-49(40)71/h5-11,22-24,26,30,40,43,45,47,62H,12-21,25,27-29H2,1-4H3,(H2,60,70)(H,63,69,71)/t40?,43-,45-,47+,53-/m0/s1. The van der Waals surface area contributed by atoms with Crippen molar-refractivity contribution >= 4 is 58.2 Å². The van der Waals surface area contributed by atoms with E-state index in [1.54, 1.807) is 29.2 Å². The third kappa shape index (κ3) is 9.17. The minimum Gasteiger partial charge on any atom is -0.495 e. The van der Waals surface area contributed by atoms with E-state index in [9.17, 15) is 37.1 Å². The zero-order chi connectivity index (χ0) is 52.6. The molecule has 20 heteroatoms. The van der Waals surface area contributed by atoms with E-state index in [0.717, 1.165) is 62.9 Å². The van der Waals surface area contributed by atoms with E-state index in [-0.39, 0.29) is 52.7 Å². The average molecular weight is 1040 g/mol. The van der Waals surface area contributed by atoms with Crippen LogP contribution in [0.25, 0.3) is 0 Å². The van der Waals surface area contributed by atoms with E-state index in [4.69, 9.17) is 22.1 Å². The summed E-state index contributed by atoms with van der Waals surface area (Å²) in [6, 6.07) is 13.7. The van der Waals surface area contributed by atoms with Gasteiger partial charge in [-0.2, -0.15) is 13.2 Å². The lowest BCUT2D eigenvalue weighted by Gasteiger charge is -2.42. The van der Waals surface area contributed by atoms with Crippen LogP contribution in [0.2, 0.25) is 5.02 Å². The highest BCUT2D eigenvalue weighted by molar-refractivity contribution is 6.30. The van der Waals surface area contributed by atoms with Crippen LogP contribution in [0.1, 0.15) is 102 Å².